The molecular formula is C48H42N2. The summed E-state index contributed by atoms with van der Waals surface area (Å²) in [6, 6.07) is 38.4. The first-order chi connectivity index (χ1) is 24.8. The zero-order chi connectivity index (χ0) is 33.3. The first-order valence-corrected chi connectivity index (χ1v) is 18.3. The van der Waals surface area contributed by atoms with E-state index in [2.05, 4.69) is 173 Å². The summed E-state index contributed by atoms with van der Waals surface area (Å²) in [7, 11) is 0. The van der Waals surface area contributed by atoms with Crippen molar-refractivity contribution in [3.63, 3.8) is 0 Å². The van der Waals surface area contributed by atoms with E-state index in [4.69, 9.17) is 0 Å². The monoisotopic (exact) mass is 646 g/mol. The van der Waals surface area contributed by atoms with Gasteiger partial charge in [-0.3, -0.25) is 0 Å². The molecule has 0 saturated carbocycles. The molecule has 0 fully saturated rings. The Hall–Kier alpha value is -5.60. The maximum Gasteiger partial charge on any atom is 0.0494 e. The molecule has 0 spiro atoms. The van der Waals surface area contributed by atoms with E-state index in [9.17, 15) is 0 Å². The minimum atomic E-state index is 0.445. The number of aromatic nitrogens is 1. The number of hydrogen-bond donors (Lipinski definition) is 0. The molecule has 1 aromatic heterocycles. The molecule has 5 aromatic rings. The molecule has 0 amide bonds. The van der Waals surface area contributed by atoms with Crippen LogP contribution in [0.5, 0.6) is 0 Å². The zero-order valence-electron chi connectivity index (χ0n) is 28.5. The smallest absolute Gasteiger partial charge is 0.0494 e. The molecule has 244 valence electrons. The first kappa shape index (κ1) is 30.5. The molecule has 2 nitrogen and oxygen atoms in total. The van der Waals surface area contributed by atoms with Crippen LogP contribution in [0, 0.1) is 0 Å². The van der Waals surface area contributed by atoms with Crippen LogP contribution in [0.3, 0.4) is 0 Å². The van der Waals surface area contributed by atoms with E-state index in [1.54, 1.807) is 0 Å². The highest BCUT2D eigenvalue weighted by Crippen LogP contribution is 2.39. The van der Waals surface area contributed by atoms with E-state index < -0.39 is 0 Å². The fourth-order valence-corrected chi connectivity index (χ4v) is 8.22. The van der Waals surface area contributed by atoms with Crippen molar-refractivity contribution in [3.8, 4) is 16.8 Å². The standard InChI is InChI=1S/C48H42N2/c1-3-11-35(12-4-1)37-19-27-41(28-20-37)49(42-29-21-38(22-30-42)36-13-5-2-6-14-36)43-31-23-39(24-32-43)40-25-33-44(34-26-40)50-47-17-9-7-15-45(47)46-16-8-10-18-48(46)50/h1-7,10-13,15,18-19,21-27,29-34,36H,8-9,14,16-17,20,28H2. The number of anilines is 2. The van der Waals surface area contributed by atoms with Gasteiger partial charge in [-0.2, -0.15) is 0 Å². The highest BCUT2D eigenvalue weighted by molar-refractivity contribution is 5.76. The van der Waals surface area contributed by atoms with Crippen molar-refractivity contribution >= 4 is 29.1 Å². The second-order valence-electron chi connectivity index (χ2n) is 13.8. The molecule has 0 saturated heterocycles. The molecule has 4 aromatic carbocycles. The van der Waals surface area contributed by atoms with Crippen LogP contribution in [-0.2, 0) is 12.8 Å². The van der Waals surface area contributed by atoms with Gasteiger partial charge in [-0.25, -0.2) is 0 Å². The van der Waals surface area contributed by atoms with Crippen LogP contribution in [0.4, 0.5) is 11.4 Å². The minimum Gasteiger partial charge on any atom is -0.314 e. The van der Waals surface area contributed by atoms with Crippen LogP contribution in [0.15, 0.2) is 157 Å². The number of fused-ring (bicyclic) bond motifs is 3. The van der Waals surface area contributed by atoms with Crippen molar-refractivity contribution in [3.05, 3.63) is 191 Å². The van der Waals surface area contributed by atoms with E-state index in [-0.39, 0.29) is 0 Å². The van der Waals surface area contributed by atoms with E-state index in [1.807, 2.05) is 0 Å². The Bertz CT molecular complexity index is 2200. The highest BCUT2D eigenvalue weighted by Gasteiger charge is 2.24. The predicted octanol–water partition coefficient (Wildman–Crippen LogP) is 12.6. The average Bonchev–Trinajstić information content (AvgIpc) is 3.54. The summed E-state index contributed by atoms with van der Waals surface area (Å²) >= 11 is 0. The van der Waals surface area contributed by atoms with Crippen molar-refractivity contribution < 1.29 is 0 Å². The van der Waals surface area contributed by atoms with Crippen molar-refractivity contribution in [2.45, 2.75) is 50.9 Å². The molecular weight excluding hydrogens is 605 g/mol. The minimum absolute atomic E-state index is 0.445. The van der Waals surface area contributed by atoms with Crippen LogP contribution in [0.1, 0.15) is 71.7 Å². The summed E-state index contributed by atoms with van der Waals surface area (Å²) in [5, 5.41) is 0. The van der Waals surface area contributed by atoms with Gasteiger partial charge in [-0.15, -0.1) is 0 Å². The van der Waals surface area contributed by atoms with Crippen molar-refractivity contribution in [1.82, 2.24) is 4.57 Å². The molecule has 2 heteroatoms. The summed E-state index contributed by atoms with van der Waals surface area (Å²) in [6.07, 6.45) is 30.4. The van der Waals surface area contributed by atoms with Crippen LogP contribution >= 0.6 is 0 Å². The maximum atomic E-state index is 2.51. The molecule has 9 rings (SSSR count). The van der Waals surface area contributed by atoms with Gasteiger partial charge in [0.05, 0.1) is 0 Å². The average molecular weight is 647 g/mol. The lowest BCUT2D eigenvalue weighted by molar-refractivity contribution is 0.853. The van der Waals surface area contributed by atoms with Gasteiger partial charge in [0.1, 0.15) is 0 Å². The Morgan fingerprint density at radius 2 is 1.30 bits per heavy atom. The molecule has 1 unspecified atom stereocenters. The fraction of sp³-hybridized carbons (Fsp3) is 0.167. The SMILES string of the molecule is C1=CCC(c2ccc(N(C3=CC=C(c4ccccc4)CC3)c3ccc(-c4ccc(-n5c6c(c7c5CCC=C7)CCC=C6)cc4)cc3)cc2)C=C1. The zero-order valence-corrected chi connectivity index (χ0v) is 28.5. The van der Waals surface area contributed by atoms with Gasteiger partial charge < -0.3 is 9.47 Å². The largest absolute Gasteiger partial charge is 0.314 e. The third kappa shape index (κ3) is 5.75. The highest BCUT2D eigenvalue weighted by atomic mass is 15.1. The number of benzene rings is 4. The Morgan fingerprint density at radius 1 is 0.580 bits per heavy atom. The summed E-state index contributed by atoms with van der Waals surface area (Å²) < 4.78 is 2.51. The molecule has 1 atom stereocenters. The molecule has 50 heavy (non-hydrogen) atoms. The van der Waals surface area contributed by atoms with Gasteiger partial charge in [-0.05, 0) is 132 Å². The van der Waals surface area contributed by atoms with Crippen LogP contribution in [0.25, 0.3) is 34.5 Å². The van der Waals surface area contributed by atoms with Gasteiger partial charge in [-0.1, -0.05) is 115 Å². The van der Waals surface area contributed by atoms with E-state index in [1.165, 1.54) is 73.1 Å². The molecule has 1 heterocycles. The lowest BCUT2D eigenvalue weighted by Crippen LogP contribution is -2.18. The second kappa shape index (κ2) is 13.4. The molecule has 0 radical (unpaired) electrons. The first-order valence-electron chi connectivity index (χ1n) is 18.3. The topological polar surface area (TPSA) is 8.17 Å². The van der Waals surface area contributed by atoms with E-state index in [0.29, 0.717) is 5.92 Å². The number of hydrogen-bond acceptors (Lipinski definition) is 1. The number of nitrogens with zero attached hydrogens (tertiary/aromatic N) is 2. The third-order valence-electron chi connectivity index (χ3n) is 10.8. The van der Waals surface area contributed by atoms with Crippen molar-refractivity contribution in [2.24, 2.45) is 0 Å². The Morgan fingerprint density at radius 3 is 2.02 bits per heavy atom. The van der Waals surface area contributed by atoms with Crippen LogP contribution in [0.2, 0.25) is 0 Å². The van der Waals surface area contributed by atoms with E-state index in [0.717, 1.165) is 44.9 Å². The van der Waals surface area contributed by atoms with Crippen LogP contribution < -0.4 is 4.90 Å². The van der Waals surface area contributed by atoms with Gasteiger partial charge in [0.15, 0.2) is 0 Å². The molecule has 0 N–H and O–H groups in total. The van der Waals surface area contributed by atoms with Gasteiger partial charge in [0, 0.05) is 40.1 Å². The Labute approximate surface area is 296 Å². The molecule has 0 bridgehead atoms. The normalized spacial score (nSPS) is 17.6. The Kier molecular flexibility index (Phi) is 8.14. The third-order valence-corrected chi connectivity index (χ3v) is 10.8. The molecule has 4 aliphatic carbocycles. The van der Waals surface area contributed by atoms with Crippen LogP contribution in [-0.4, -0.2) is 4.57 Å². The van der Waals surface area contributed by atoms with Gasteiger partial charge in [0.2, 0.25) is 0 Å². The fourth-order valence-electron chi connectivity index (χ4n) is 8.22. The van der Waals surface area contributed by atoms with Gasteiger partial charge >= 0.3 is 0 Å². The molecule has 0 aliphatic heterocycles. The lowest BCUT2D eigenvalue weighted by atomic mass is 9.92. The predicted molar refractivity (Wildman–Crippen MR) is 212 cm³/mol. The Balaban J connectivity index is 1.02. The van der Waals surface area contributed by atoms with Crippen molar-refractivity contribution in [1.29, 1.82) is 0 Å². The maximum absolute atomic E-state index is 2.51. The number of rotatable bonds is 7. The molecule has 4 aliphatic rings. The summed E-state index contributed by atoms with van der Waals surface area (Å²) in [4.78, 5) is 2.45. The summed E-state index contributed by atoms with van der Waals surface area (Å²) in [6.45, 7) is 0. The lowest BCUT2D eigenvalue weighted by Gasteiger charge is -2.30. The van der Waals surface area contributed by atoms with E-state index >= 15 is 0 Å². The summed E-state index contributed by atoms with van der Waals surface area (Å²) in [5.41, 5.74) is 17.3. The quantitative estimate of drug-likeness (QED) is 0.171. The summed E-state index contributed by atoms with van der Waals surface area (Å²) in [5.74, 6) is 0.445. The van der Waals surface area contributed by atoms with Gasteiger partial charge in [0.25, 0.3) is 0 Å². The number of allylic oxidation sites excluding steroid dienone is 10. The second-order valence-corrected chi connectivity index (χ2v) is 13.8. The van der Waals surface area contributed by atoms with Crippen molar-refractivity contribution in [2.75, 3.05) is 4.90 Å².